The van der Waals surface area contributed by atoms with Gasteiger partial charge in [0, 0.05) is 18.3 Å². The number of rotatable bonds is 7. The minimum absolute atomic E-state index is 0.131. The second-order valence-electron chi connectivity index (χ2n) is 8.99. The molecule has 2 unspecified atom stereocenters. The number of hydrazone groups is 1. The van der Waals surface area contributed by atoms with Gasteiger partial charge in [0.05, 0.1) is 30.5 Å². The molecule has 5 rings (SSSR count). The van der Waals surface area contributed by atoms with Crippen LogP contribution in [0.25, 0.3) is 6.08 Å². The summed E-state index contributed by atoms with van der Waals surface area (Å²) in [7, 11) is 0. The molecule has 1 aromatic heterocycles. The lowest BCUT2D eigenvalue weighted by molar-refractivity contribution is 0.0680. The molecule has 6 nitrogen and oxygen atoms in total. The molecule has 2 atom stereocenters. The average molecular weight is 482 g/mol. The van der Waals surface area contributed by atoms with Gasteiger partial charge in [0.25, 0.3) is 5.91 Å². The Kier molecular flexibility index (Phi) is 7.12. The number of hydrogen-bond donors (Lipinski definition) is 0. The highest BCUT2D eigenvalue weighted by Crippen LogP contribution is 2.45. The minimum Gasteiger partial charge on any atom is -0.494 e. The van der Waals surface area contributed by atoms with Crippen LogP contribution in [0, 0.1) is 5.92 Å². The predicted octanol–water partition coefficient (Wildman–Crippen LogP) is 6.32. The first-order valence-corrected chi connectivity index (χ1v) is 12.7. The lowest BCUT2D eigenvalue weighted by Gasteiger charge is -2.29. The van der Waals surface area contributed by atoms with Crippen LogP contribution in [0.5, 0.6) is 11.5 Å². The van der Waals surface area contributed by atoms with Crippen molar-refractivity contribution in [2.24, 2.45) is 11.0 Å². The third kappa shape index (κ3) is 4.89. The van der Waals surface area contributed by atoms with E-state index in [1.807, 2.05) is 38.1 Å². The molecule has 0 radical (unpaired) electrons. The first kappa shape index (κ1) is 23.8. The fraction of sp³-hybridized carbons (Fsp3) is 0.300. The van der Waals surface area contributed by atoms with Crippen molar-refractivity contribution in [1.29, 1.82) is 0 Å². The highest BCUT2D eigenvalue weighted by molar-refractivity contribution is 6.09. The number of aromatic nitrogens is 1. The topological polar surface area (TPSA) is 64.0 Å². The summed E-state index contributed by atoms with van der Waals surface area (Å²) in [5.41, 5.74) is 4.89. The summed E-state index contributed by atoms with van der Waals surface area (Å²) in [6, 6.07) is 19.6. The smallest absolute Gasteiger partial charge is 0.276 e. The number of hydrogen-bond acceptors (Lipinski definition) is 5. The van der Waals surface area contributed by atoms with Crippen LogP contribution in [0.15, 0.2) is 83.7 Å². The van der Waals surface area contributed by atoms with Crippen molar-refractivity contribution in [3.05, 3.63) is 95.3 Å². The Labute approximate surface area is 212 Å². The van der Waals surface area contributed by atoms with Crippen molar-refractivity contribution in [1.82, 2.24) is 9.99 Å². The van der Waals surface area contributed by atoms with E-state index in [4.69, 9.17) is 14.6 Å². The van der Waals surface area contributed by atoms with Gasteiger partial charge in [-0.15, -0.1) is 0 Å². The molecular weight excluding hydrogens is 450 g/mol. The summed E-state index contributed by atoms with van der Waals surface area (Å²) >= 11 is 0. The molecule has 2 heterocycles. The van der Waals surface area contributed by atoms with Crippen LogP contribution in [0.1, 0.15) is 60.6 Å². The third-order valence-corrected chi connectivity index (χ3v) is 6.68. The molecule has 2 aromatic carbocycles. The number of carbonyl (C=O) groups is 1. The van der Waals surface area contributed by atoms with E-state index in [9.17, 15) is 4.79 Å². The summed E-state index contributed by atoms with van der Waals surface area (Å²) in [4.78, 5) is 17.8. The summed E-state index contributed by atoms with van der Waals surface area (Å²) < 4.78 is 11.2. The maximum atomic E-state index is 13.6. The van der Waals surface area contributed by atoms with E-state index in [1.54, 1.807) is 29.5 Å². The van der Waals surface area contributed by atoms with Gasteiger partial charge in [-0.1, -0.05) is 24.3 Å². The fourth-order valence-electron chi connectivity index (χ4n) is 5.08. The molecule has 1 aliphatic carbocycles. The van der Waals surface area contributed by atoms with Gasteiger partial charge in [-0.05, 0) is 92.3 Å². The van der Waals surface area contributed by atoms with Gasteiger partial charge in [-0.25, -0.2) is 5.01 Å². The number of allylic oxidation sites excluding steroid dienone is 1. The van der Waals surface area contributed by atoms with Gasteiger partial charge in [-0.3, -0.25) is 9.78 Å². The first-order chi connectivity index (χ1) is 17.7. The zero-order chi connectivity index (χ0) is 24.9. The summed E-state index contributed by atoms with van der Waals surface area (Å²) in [5.74, 6) is 1.68. The van der Waals surface area contributed by atoms with Gasteiger partial charge in [0.1, 0.15) is 11.5 Å². The number of carbonyl (C=O) groups excluding carboxylic acids is 1. The van der Waals surface area contributed by atoms with E-state index in [1.165, 1.54) is 5.57 Å². The van der Waals surface area contributed by atoms with E-state index < -0.39 is 0 Å². The Morgan fingerprint density at radius 1 is 1.00 bits per heavy atom. The summed E-state index contributed by atoms with van der Waals surface area (Å²) in [6.45, 7) is 5.21. The number of ether oxygens (including phenoxy) is 2. The van der Waals surface area contributed by atoms with Crippen LogP contribution in [0.2, 0.25) is 0 Å². The highest BCUT2D eigenvalue weighted by Gasteiger charge is 2.44. The molecule has 2 aliphatic rings. The summed E-state index contributed by atoms with van der Waals surface area (Å²) in [5, 5.41) is 6.65. The maximum absolute atomic E-state index is 13.6. The van der Waals surface area contributed by atoms with Crippen LogP contribution in [0.3, 0.4) is 0 Å². The molecule has 184 valence electrons. The average Bonchev–Trinajstić information content (AvgIpc) is 3.31. The molecule has 6 heteroatoms. The lowest BCUT2D eigenvalue weighted by Crippen LogP contribution is -2.32. The Bertz CT molecular complexity index is 1250. The Balaban J connectivity index is 1.51. The van der Waals surface area contributed by atoms with Crippen molar-refractivity contribution in [3.63, 3.8) is 0 Å². The molecule has 1 saturated carbocycles. The molecule has 0 N–H and O–H groups in total. The normalized spacial score (nSPS) is 20.1. The Morgan fingerprint density at radius 3 is 2.33 bits per heavy atom. The first-order valence-electron chi connectivity index (χ1n) is 12.7. The van der Waals surface area contributed by atoms with Gasteiger partial charge >= 0.3 is 0 Å². The van der Waals surface area contributed by atoms with Crippen LogP contribution in [-0.2, 0) is 0 Å². The van der Waals surface area contributed by atoms with Gasteiger partial charge < -0.3 is 9.47 Å². The Hall–Kier alpha value is -3.93. The number of nitrogens with zero attached hydrogens (tertiary/aromatic N) is 3. The molecular formula is C30H31N3O3. The number of fused-ring (bicyclic) bond motifs is 1. The number of pyridine rings is 1. The summed E-state index contributed by atoms with van der Waals surface area (Å²) in [6.07, 6.45) is 8.45. The van der Waals surface area contributed by atoms with Crippen LogP contribution in [-0.4, -0.2) is 34.8 Å². The van der Waals surface area contributed by atoms with Gasteiger partial charge in [0.15, 0.2) is 0 Å². The van der Waals surface area contributed by atoms with Crippen LogP contribution < -0.4 is 9.47 Å². The molecule has 1 aliphatic heterocycles. The molecule has 1 fully saturated rings. The minimum atomic E-state index is -0.174. The zero-order valence-electron chi connectivity index (χ0n) is 20.8. The monoisotopic (exact) mass is 481 g/mol. The fourth-order valence-corrected chi connectivity index (χ4v) is 5.08. The second kappa shape index (κ2) is 10.8. The highest BCUT2D eigenvalue weighted by atomic mass is 16.5. The van der Waals surface area contributed by atoms with Crippen molar-refractivity contribution in [2.45, 2.75) is 39.2 Å². The SMILES string of the molecule is CCOc1ccc(/C=C2/CCCC3C2=NN(C(=O)c2cccnc2)C3c2ccc(OCC)cc2)cc1. The third-order valence-electron chi connectivity index (χ3n) is 6.68. The van der Waals surface area contributed by atoms with Gasteiger partial charge in [-0.2, -0.15) is 5.10 Å². The molecule has 0 bridgehead atoms. The van der Waals surface area contributed by atoms with E-state index in [0.717, 1.165) is 47.6 Å². The van der Waals surface area contributed by atoms with E-state index in [-0.39, 0.29) is 17.9 Å². The van der Waals surface area contributed by atoms with Gasteiger partial charge in [0.2, 0.25) is 0 Å². The molecule has 3 aromatic rings. The van der Waals surface area contributed by atoms with E-state index in [2.05, 4.69) is 35.3 Å². The van der Waals surface area contributed by atoms with Crippen LogP contribution in [0.4, 0.5) is 0 Å². The van der Waals surface area contributed by atoms with Crippen molar-refractivity contribution < 1.29 is 14.3 Å². The largest absolute Gasteiger partial charge is 0.494 e. The molecule has 36 heavy (non-hydrogen) atoms. The predicted molar refractivity (Wildman–Crippen MR) is 141 cm³/mol. The number of amides is 1. The van der Waals surface area contributed by atoms with E-state index in [0.29, 0.717) is 18.8 Å². The standard InChI is InChI=1S/C30H31N3O3/c1-3-35-25-14-10-21(11-15-25)19-23-7-5-9-27-28(23)32-33(30(34)24-8-6-18-31-20-24)29(27)22-12-16-26(17-13-22)36-4-2/h6,8,10-20,27,29H,3-5,7,9H2,1-2H3/b23-19-. The quantitative estimate of drug-likeness (QED) is 0.396. The maximum Gasteiger partial charge on any atom is 0.276 e. The molecule has 0 spiro atoms. The Morgan fingerprint density at radius 2 is 1.69 bits per heavy atom. The van der Waals surface area contributed by atoms with Crippen LogP contribution >= 0.6 is 0 Å². The number of benzene rings is 2. The molecule has 0 saturated heterocycles. The zero-order valence-corrected chi connectivity index (χ0v) is 20.8. The lowest BCUT2D eigenvalue weighted by atomic mass is 9.77. The second-order valence-corrected chi connectivity index (χ2v) is 8.99. The van der Waals surface area contributed by atoms with E-state index >= 15 is 0 Å². The van der Waals surface area contributed by atoms with Crippen molar-refractivity contribution in [2.75, 3.05) is 13.2 Å². The van der Waals surface area contributed by atoms with Crippen molar-refractivity contribution in [3.8, 4) is 11.5 Å². The van der Waals surface area contributed by atoms with Crippen molar-refractivity contribution >= 4 is 17.7 Å². The molecule has 1 amide bonds.